The largest absolute Gasteiger partial charge is 0.311 e. The molecule has 1 aromatic carbocycles. The molecular formula is C15H25NS2. The Morgan fingerprint density at radius 3 is 2.11 bits per heavy atom. The lowest BCUT2D eigenvalue weighted by atomic mass is 10.0. The Bertz CT molecular complexity index is 323. The fourth-order valence-corrected chi connectivity index (χ4v) is 3.27. The third kappa shape index (κ3) is 4.52. The van der Waals surface area contributed by atoms with Crippen LogP contribution < -0.4 is 5.32 Å². The summed E-state index contributed by atoms with van der Waals surface area (Å²) in [7, 11) is 0. The number of hydrogen-bond acceptors (Lipinski definition) is 3. The van der Waals surface area contributed by atoms with Crippen molar-refractivity contribution in [3.8, 4) is 0 Å². The van der Waals surface area contributed by atoms with E-state index in [0.717, 1.165) is 13.1 Å². The van der Waals surface area contributed by atoms with Crippen LogP contribution in [0.5, 0.6) is 0 Å². The van der Waals surface area contributed by atoms with Gasteiger partial charge >= 0.3 is 0 Å². The van der Waals surface area contributed by atoms with Crippen molar-refractivity contribution >= 4 is 23.5 Å². The fraction of sp³-hybridized carbons (Fsp3) is 0.600. The molecule has 0 bridgehead atoms. The van der Waals surface area contributed by atoms with Crippen LogP contribution in [0.15, 0.2) is 29.2 Å². The summed E-state index contributed by atoms with van der Waals surface area (Å²) in [5, 5.41) is 3.61. The highest BCUT2D eigenvalue weighted by molar-refractivity contribution is 8.00. The Labute approximate surface area is 121 Å². The third-order valence-corrected chi connectivity index (χ3v) is 5.99. The number of thioether (sulfide) groups is 2. The van der Waals surface area contributed by atoms with Gasteiger partial charge in [-0.15, -0.1) is 11.8 Å². The topological polar surface area (TPSA) is 12.0 Å². The first-order valence-corrected chi connectivity index (χ1v) is 9.03. The molecule has 1 N–H and O–H groups in total. The maximum atomic E-state index is 3.61. The van der Waals surface area contributed by atoms with E-state index in [1.807, 2.05) is 11.8 Å². The first-order chi connectivity index (χ1) is 8.69. The van der Waals surface area contributed by atoms with E-state index in [2.05, 4.69) is 55.9 Å². The van der Waals surface area contributed by atoms with Gasteiger partial charge in [-0.2, -0.15) is 11.8 Å². The molecule has 0 aliphatic carbocycles. The van der Waals surface area contributed by atoms with E-state index < -0.39 is 0 Å². The lowest BCUT2D eigenvalue weighted by molar-refractivity contribution is 0.495. The molecule has 0 unspecified atom stereocenters. The summed E-state index contributed by atoms with van der Waals surface area (Å²) in [5.41, 5.74) is 1.37. The average Bonchev–Trinajstić information content (AvgIpc) is 2.45. The Morgan fingerprint density at radius 1 is 1.06 bits per heavy atom. The summed E-state index contributed by atoms with van der Waals surface area (Å²) in [6.45, 7) is 6.63. The summed E-state index contributed by atoms with van der Waals surface area (Å²) in [5.74, 6) is 0. The van der Waals surface area contributed by atoms with Gasteiger partial charge in [0.2, 0.25) is 0 Å². The highest BCUT2D eigenvalue weighted by atomic mass is 32.2. The molecule has 0 aliphatic heterocycles. The zero-order valence-electron chi connectivity index (χ0n) is 12.0. The molecule has 102 valence electrons. The zero-order chi connectivity index (χ0) is 13.4. The van der Waals surface area contributed by atoms with Crippen LogP contribution in [0.3, 0.4) is 0 Å². The summed E-state index contributed by atoms with van der Waals surface area (Å²) in [4.78, 5) is 1.33. The predicted molar refractivity (Wildman–Crippen MR) is 86.8 cm³/mol. The average molecular weight is 284 g/mol. The summed E-state index contributed by atoms with van der Waals surface area (Å²) in [6.07, 6.45) is 6.79. The number of rotatable bonds is 8. The van der Waals surface area contributed by atoms with Crippen molar-refractivity contribution in [1.29, 1.82) is 0 Å². The minimum absolute atomic E-state index is 0.402. The van der Waals surface area contributed by atoms with Crippen LogP contribution in [0.1, 0.15) is 32.3 Å². The summed E-state index contributed by atoms with van der Waals surface area (Å²) < 4.78 is 0.402. The minimum Gasteiger partial charge on any atom is -0.311 e. The van der Waals surface area contributed by atoms with Gasteiger partial charge in [0.15, 0.2) is 0 Å². The van der Waals surface area contributed by atoms with Crippen LogP contribution in [0.2, 0.25) is 0 Å². The Hall–Kier alpha value is -0.120. The van der Waals surface area contributed by atoms with E-state index in [-0.39, 0.29) is 0 Å². The zero-order valence-corrected chi connectivity index (χ0v) is 13.6. The van der Waals surface area contributed by atoms with E-state index in [9.17, 15) is 0 Å². The molecule has 0 aromatic heterocycles. The van der Waals surface area contributed by atoms with Gasteiger partial charge in [-0.05, 0) is 43.0 Å². The van der Waals surface area contributed by atoms with Crippen molar-refractivity contribution in [3.05, 3.63) is 29.8 Å². The van der Waals surface area contributed by atoms with Gasteiger partial charge in [-0.25, -0.2) is 0 Å². The van der Waals surface area contributed by atoms with Crippen molar-refractivity contribution < 1.29 is 0 Å². The SMILES string of the molecule is CCC(CC)(CNCc1ccc(SC)cc1)SC. The lowest BCUT2D eigenvalue weighted by Crippen LogP contribution is -2.36. The molecule has 1 rings (SSSR count). The fourth-order valence-electron chi connectivity index (χ4n) is 2.04. The van der Waals surface area contributed by atoms with Crippen molar-refractivity contribution in [1.82, 2.24) is 5.32 Å². The van der Waals surface area contributed by atoms with Crippen LogP contribution in [0.4, 0.5) is 0 Å². The molecule has 3 heteroatoms. The minimum atomic E-state index is 0.402. The molecule has 1 nitrogen and oxygen atoms in total. The second-order valence-electron chi connectivity index (χ2n) is 4.55. The number of benzene rings is 1. The molecule has 0 saturated heterocycles. The molecular weight excluding hydrogens is 258 g/mol. The Kier molecular flexibility index (Phi) is 7.20. The lowest BCUT2D eigenvalue weighted by Gasteiger charge is -2.30. The molecule has 18 heavy (non-hydrogen) atoms. The second-order valence-corrected chi connectivity index (χ2v) is 6.70. The molecule has 0 amide bonds. The highest BCUT2D eigenvalue weighted by Gasteiger charge is 2.23. The molecule has 0 radical (unpaired) electrons. The predicted octanol–water partition coefficient (Wildman–Crippen LogP) is 4.42. The van der Waals surface area contributed by atoms with E-state index >= 15 is 0 Å². The maximum Gasteiger partial charge on any atom is 0.0276 e. The van der Waals surface area contributed by atoms with Gasteiger partial charge in [0.05, 0.1) is 0 Å². The van der Waals surface area contributed by atoms with Crippen molar-refractivity contribution in [2.45, 2.75) is 42.9 Å². The summed E-state index contributed by atoms with van der Waals surface area (Å²) in [6, 6.07) is 8.83. The van der Waals surface area contributed by atoms with E-state index in [1.165, 1.54) is 23.3 Å². The Morgan fingerprint density at radius 2 is 1.67 bits per heavy atom. The van der Waals surface area contributed by atoms with Crippen LogP contribution in [-0.4, -0.2) is 23.8 Å². The number of nitrogens with one attached hydrogen (secondary N) is 1. The van der Waals surface area contributed by atoms with Crippen LogP contribution >= 0.6 is 23.5 Å². The third-order valence-electron chi connectivity index (χ3n) is 3.66. The molecule has 0 heterocycles. The monoisotopic (exact) mass is 283 g/mol. The standard InChI is InChI=1S/C15H25NS2/c1-5-15(6-2,18-4)12-16-11-13-7-9-14(17-3)10-8-13/h7-10,16H,5-6,11-12H2,1-4H3. The van der Waals surface area contributed by atoms with Gasteiger partial charge in [0, 0.05) is 22.7 Å². The number of hydrogen-bond donors (Lipinski definition) is 1. The maximum absolute atomic E-state index is 3.61. The van der Waals surface area contributed by atoms with Crippen molar-refractivity contribution in [3.63, 3.8) is 0 Å². The molecule has 0 saturated carbocycles. The first-order valence-electron chi connectivity index (χ1n) is 6.58. The van der Waals surface area contributed by atoms with E-state index in [0.29, 0.717) is 4.75 Å². The van der Waals surface area contributed by atoms with E-state index in [4.69, 9.17) is 0 Å². The van der Waals surface area contributed by atoms with Crippen molar-refractivity contribution in [2.75, 3.05) is 19.1 Å². The smallest absolute Gasteiger partial charge is 0.0276 e. The molecule has 1 aromatic rings. The second kappa shape index (κ2) is 8.13. The van der Waals surface area contributed by atoms with Gasteiger partial charge in [0.25, 0.3) is 0 Å². The van der Waals surface area contributed by atoms with Crippen molar-refractivity contribution in [2.24, 2.45) is 0 Å². The van der Waals surface area contributed by atoms with Gasteiger partial charge in [-0.3, -0.25) is 0 Å². The van der Waals surface area contributed by atoms with Crippen LogP contribution in [-0.2, 0) is 6.54 Å². The molecule has 0 fully saturated rings. The summed E-state index contributed by atoms with van der Waals surface area (Å²) >= 11 is 3.79. The molecule has 0 spiro atoms. The Balaban J connectivity index is 2.44. The van der Waals surface area contributed by atoms with Gasteiger partial charge in [0.1, 0.15) is 0 Å². The highest BCUT2D eigenvalue weighted by Crippen LogP contribution is 2.29. The van der Waals surface area contributed by atoms with Gasteiger partial charge < -0.3 is 5.32 Å². The first kappa shape index (κ1) is 15.9. The van der Waals surface area contributed by atoms with E-state index in [1.54, 1.807) is 11.8 Å². The van der Waals surface area contributed by atoms with Gasteiger partial charge in [-0.1, -0.05) is 26.0 Å². The molecule has 0 atom stereocenters. The van der Waals surface area contributed by atoms with Crippen LogP contribution in [0, 0.1) is 0 Å². The quantitative estimate of drug-likeness (QED) is 0.709. The molecule has 0 aliphatic rings. The normalized spacial score (nSPS) is 11.8. The van der Waals surface area contributed by atoms with Crippen LogP contribution in [0.25, 0.3) is 0 Å².